The average Bonchev–Trinajstić information content (AvgIpc) is 2.31. The molecule has 1 amide bonds. The van der Waals surface area contributed by atoms with Gasteiger partial charge >= 0.3 is 5.97 Å². The largest absolute Gasteiger partial charge is 0.465 e. The van der Waals surface area contributed by atoms with Gasteiger partial charge in [-0.2, -0.15) is 0 Å². The third-order valence-corrected chi connectivity index (χ3v) is 2.68. The molecule has 4 nitrogen and oxygen atoms in total. The zero-order valence-electron chi connectivity index (χ0n) is 10.7. The van der Waals surface area contributed by atoms with Crippen LogP contribution in [0.5, 0.6) is 0 Å². The van der Waals surface area contributed by atoms with Crippen molar-refractivity contribution in [2.75, 3.05) is 20.2 Å². The number of esters is 1. The van der Waals surface area contributed by atoms with Gasteiger partial charge < -0.3 is 9.64 Å². The van der Waals surface area contributed by atoms with Crippen molar-refractivity contribution in [2.24, 2.45) is 0 Å². The van der Waals surface area contributed by atoms with Crippen molar-refractivity contribution < 1.29 is 14.3 Å². The van der Waals surface area contributed by atoms with E-state index in [0.717, 1.165) is 5.56 Å². The van der Waals surface area contributed by atoms with Crippen molar-refractivity contribution in [3.8, 4) is 0 Å². The molecule has 1 aromatic carbocycles. The maximum atomic E-state index is 12.1. The molecule has 0 fully saturated rings. The van der Waals surface area contributed by atoms with Crippen LogP contribution in [0.25, 0.3) is 0 Å². The third kappa shape index (κ3) is 3.74. The van der Waals surface area contributed by atoms with Crippen molar-refractivity contribution in [1.82, 2.24) is 4.90 Å². The molecule has 1 aromatic rings. The van der Waals surface area contributed by atoms with Gasteiger partial charge in [0.25, 0.3) is 5.91 Å². The van der Waals surface area contributed by atoms with Crippen LogP contribution in [0.15, 0.2) is 18.2 Å². The van der Waals surface area contributed by atoms with Gasteiger partial charge in [-0.15, -0.1) is 0 Å². The van der Waals surface area contributed by atoms with Crippen LogP contribution in [-0.4, -0.2) is 37.0 Å². The van der Waals surface area contributed by atoms with Crippen LogP contribution in [0.3, 0.4) is 0 Å². The van der Waals surface area contributed by atoms with Crippen LogP contribution in [0.4, 0.5) is 0 Å². The number of aryl methyl sites for hydroxylation is 1. The number of carbonyl (C=O) groups excluding carboxylic acids is 2. The predicted octanol–water partition coefficient (Wildman–Crippen LogP) is 2.28. The Morgan fingerprint density at radius 1 is 1.39 bits per heavy atom. The van der Waals surface area contributed by atoms with Gasteiger partial charge in [-0.25, -0.2) is 0 Å². The third-order valence-electron chi connectivity index (χ3n) is 2.45. The molecule has 0 heterocycles. The number of hydrogen-bond acceptors (Lipinski definition) is 3. The number of nitrogens with zero attached hydrogens (tertiary/aromatic N) is 1. The van der Waals surface area contributed by atoms with Gasteiger partial charge in [-0.05, 0) is 31.5 Å². The van der Waals surface area contributed by atoms with Crippen molar-refractivity contribution in [3.63, 3.8) is 0 Å². The molecule has 18 heavy (non-hydrogen) atoms. The highest BCUT2D eigenvalue weighted by molar-refractivity contribution is 6.31. The highest BCUT2D eigenvalue weighted by atomic mass is 35.5. The van der Waals surface area contributed by atoms with E-state index in [4.69, 9.17) is 16.3 Å². The topological polar surface area (TPSA) is 46.6 Å². The normalized spacial score (nSPS) is 10.0. The Morgan fingerprint density at radius 2 is 2.06 bits per heavy atom. The molecule has 0 aromatic heterocycles. The summed E-state index contributed by atoms with van der Waals surface area (Å²) in [7, 11) is 1.56. The van der Waals surface area contributed by atoms with E-state index in [9.17, 15) is 9.59 Å². The number of rotatable bonds is 4. The molecule has 0 spiro atoms. The highest BCUT2D eigenvalue weighted by Crippen LogP contribution is 2.16. The summed E-state index contributed by atoms with van der Waals surface area (Å²) in [4.78, 5) is 24.7. The highest BCUT2D eigenvalue weighted by Gasteiger charge is 2.17. The standard InChI is InChI=1S/C13H16ClNO3/c1-4-18-12(16)8-15(3)13(17)11-7-10(14)6-5-9(11)2/h5-7H,4,8H2,1-3H3. The van der Waals surface area contributed by atoms with Crippen LogP contribution in [0, 0.1) is 6.92 Å². The first-order valence-corrected chi connectivity index (χ1v) is 6.00. The summed E-state index contributed by atoms with van der Waals surface area (Å²) in [6.07, 6.45) is 0. The van der Waals surface area contributed by atoms with E-state index in [1.54, 1.807) is 32.2 Å². The number of ether oxygens (including phenoxy) is 1. The molecule has 0 bridgehead atoms. The lowest BCUT2D eigenvalue weighted by Crippen LogP contribution is -2.33. The number of benzene rings is 1. The van der Waals surface area contributed by atoms with Crippen molar-refractivity contribution in [1.29, 1.82) is 0 Å². The van der Waals surface area contributed by atoms with Gasteiger partial charge in [0.1, 0.15) is 6.54 Å². The second kappa shape index (κ2) is 6.40. The van der Waals surface area contributed by atoms with Crippen LogP contribution in [-0.2, 0) is 9.53 Å². The lowest BCUT2D eigenvalue weighted by Gasteiger charge is -2.17. The van der Waals surface area contributed by atoms with E-state index in [1.165, 1.54) is 4.90 Å². The molecule has 98 valence electrons. The molecule has 0 N–H and O–H groups in total. The Kier molecular flexibility index (Phi) is 5.16. The lowest BCUT2D eigenvalue weighted by molar-refractivity contribution is -0.143. The first kappa shape index (κ1) is 14.5. The molecule has 0 aliphatic rings. The van der Waals surface area contributed by atoms with Crippen LogP contribution in [0.2, 0.25) is 5.02 Å². The molecular formula is C13H16ClNO3. The summed E-state index contributed by atoms with van der Waals surface area (Å²) < 4.78 is 4.79. The monoisotopic (exact) mass is 269 g/mol. The van der Waals surface area contributed by atoms with E-state index in [0.29, 0.717) is 17.2 Å². The van der Waals surface area contributed by atoms with Crippen LogP contribution in [0.1, 0.15) is 22.8 Å². The smallest absolute Gasteiger partial charge is 0.325 e. The molecule has 0 saturated heterocycles. The summed E-state index contributed by atoms with van der Waals surface area (Å²) >= 11 is 5.86. The minimum Gasteiger partial charge on any atom is -0.465 e. The zero-order chi connectivity index (χ0) is 13.7. The molecular weight excluding hydrogens is 254 g/mol. The molecule has 0 unspecified atom stereocenters. The maximum Gasteiger partial charge on any atom is 0.325 e. The van der Waals surface area contributed by atoms with Crippen LogP contribution < -0.4 is 0 Å². The minimum atomic E-state index is -0.423. The predicted molar refractivity (Wildman–Crippen MR) is 69.8 cm³/mol. The molecule has 0 radical (unpaired) electrons. The number of halogens is 1. The van der Waals surface area contributed by atoms with Crippen LogP contribution >= 0.6 is 11.6 Å². The van der Waals surface area contributed by atoms with Crippen molar-refractivity contribution >= 4 is 23.5 Å². The Labute approximate surface area is 111 Å². The Hall–Kier alpha value is -1.55. The van der Waals surface area contributed by atoms with E-state index >= 15 is 0 Å². The summed E-state index contributed by atoms with van der Waals surface area (Å²) in [5, 5.41) is 0.494. The minimum absolute atomic E-state index is 0.0708. The number of carbonyl (C=O) groups is 2. The van der Waals surface area contributed by atoms with Crippen molar-refractivity contribution in [3.05, 3.63) is 34.3 Å². The van der Waals surface area contributed by atoms with Gasteiger partial charge in [0.05, 0.1) is 6.61 Å². The number of amides is 1. The molecule has 0 aliphatic carbocycles. The molecule has 1 rings (SSSR count). The van der Waals surface area contributed by atoms with E-state index in [2.05, 4.69) is 0 Å². The fourth-order valence-electron chi connectivity index (χ4n) is 1.50. The average molecular weight is 270 g/mol. The maximum absolute atomic E-state index is 12.1. The summed E-state index contributed by atoms with van der Waals surface area (Å²) in [5.41, 5.74) is 1.31. The lowest BCUT2D eigenvalue weighted by atomic mass is 10.1. The van der Waals surface area contributed by atoms with Crippen molar-refractivity contribution in [2.45, 2.75) is 13.8 Å². The fraction of sp³-hybridized carbons (Fsp3) is 0.385. The molecule has 0 saturated carbocycles. The first-order chi connectivity index (χ1) is 8.45. The second-order valence-corrected chi connectivity index (χ2v) is 4.36. The Balaban J connectivity index is 2.80. The fourth-order valence-corrected chi connectivity index (χ4v) is 1.67. The SMILES string of the molecule is CCOC(=O)CN(C)C(=O)c1cc(Cl)ccc1C. The summed E-state index contributed by atoms with van der Waals surface area (Å²) in [5.74, 6) is -0.670. The Bertz CT molecular complexity index is 460. The molecule has 0 aliphatic heterocycles. The molecule has 0 atom stereocenters. The van der Waals surface area contributed by atoms with E-state index < -0.39 is 5.97 Å². The van der Waals surface area contributed by atoms with Gasteiger partial charge in [-0.1, -0.05) is 17.7 Å². The molecule has 5 heteroatoms. The van der Waals surface area contributed by atoms with E-state index in [-0.39, 0.29) is 12.5 Å². The van der Waals surface area contributed by atoms with Gasteiger partial charge in [0.15, 0.2) is 0 Å². The Morgan fingerprint density at radius 3 is 2.67 bits per heavy atom. The van der Waals surface area contributed by atoms with Gasteiger partial charge in [0.2, 0.25) is 0 Å². The quantitative estimate of drug-likeness (QED) is 0.788. The number of likely N-dealkylation sites (N-methyl/N-ethyl adjacent to an activating group) is 1. The summed E-state index contributed by atoms with van der Waals surface area (Å²) in [6, 6.07) is 5.09. The second-order valence-electron chi connectivity index (χ2n) is 3.93. The van der Waals surface area contributed by atoms with Gasteiger partial charge in [0, 0.05) is 17.6 Å². The first-order valence-electron chi connectivity index (χ1n) is 5.63. The van der Waals surface area contributed by atoms with Gasteiger partial charge in [-0.3, -0.25) is 9.59 Å². The van der Waals surface area contributed by atoms with E-state index in [1.807, 2.05) is 6.92 Å². The summed E-state index contributed by atoms with van der Waals surface area (Å²) in [6.45, 7) is 3.78. The number of hydrogen-bond donors (Lipinski definition) is 0. The zero-order valence-corrected chi connectivity index (χ0v) is 11.5.